The van der Waals surface area contributed by atoms with Gasteiger partial charge in [0.15, 0.2) is 0 Å². The van der Waals surface area contributed by atoms with Crippen LogP contribution < -0.4 is 10.6 Å². The number of carbonyl (C=O) groups is 2. The van der Waals surface area contributed by atoms with Crippen molar-refractivity contribution in [3.05, 3.63) is 28.7 Å². The monoisotopic (exact) mass is 310 g/mol. The molecule has 0 unspecified atom stereocenters. The van der Waals surface area contributed by atoms with Crippen molar-refractivity contribution in [2.24, 2.45) is 5.73 Å². The maximum Gasteiger partial charge on any atom is 0.472 e. The molecule has 17 heavy (non-hydrogen) atoms. The van der Waals surface area contributed by atoms with Gasteiger partial charge in [0, 0.05) is 4.47 Å². The molecule has 1 aromatic carbocycles. The van der Waals surface area contributed by atoms with Crippen LogP contribution in [0.2, 0.25) is 0 Å². The zero-order valence-electron chi connectivity index (χ0n) is 8.16. The predicted octanol–water partition coefficient (Wildman–Crippen LogP) is 2.42. The van der Waals surface area contributed by atoms with E-state index in [2.05, 4.69) is 15.9 Å². The first-order valence-electron chi connectivity index (χ1n) is 4.20. The molecular formula is C9H6BrF3N2O2. The summed E-state index contributed by atoms with van der Waals surface area (Å²) in [6.45, 7) is 0. The lowest BCUT2D eigenvalue weighted by molar-refractivity contribution is -0.169. The topological polar surface area (TPSA) is 63.4 Å². The molecule has 0 saturated heterocycles. The highest BCUT2D eigenvalue weighted by atomic mass is 79.9. The molecule has 1 rings (SSSR count). The minimum atomic E-state index is -5.16. The number of primary amides is 1. The Morgan fingerprint density at radius 1 is 1.18 bits per heavy atom. The Morgan fingerprint density at radius 3 is 2.00 bits per heavy atom. The molecule has 0 radical (unpaired) electrons. The van der Waals surface area contributed by atoms with Gasteiger partial charge in [-0.1, -0.05) is 15.9 Å². The quantitative estimate of drug-likeness (QED) is 0.866. The van der Waals surface area contributed by atoms with Gasteiger partial charge in [-0.15, -0.1) is 0 Å². The van der Waals surface area contributed by atoms with E-state index in [1.54, 1.807) is 0 Å². The van der Waals surface area contributed by atoms with Gasteiger partial charge in [0.2, 0.25) is 0 Å². The molecule has 0 aliphatic heterocycles. The average Bonchev–Trinajstić information content (AvgIpc) is 2.19. The number of nitrogens with two attached hydrogens (primary N) is 1. The Balaban J connectivity index is 3.15. The second-order valence-electron chi connectivity index (χ2n) is 2.95. The summed E-state index contributed by atoms with van der Waals surface area (Å²) in [5.41, 5.74) is 4.51. The smallest absolute Gasteiger partial charge is 0.351 e. The molecule has 0 fully saturated rings. The first kappa shape index (κ1) is 13.5. The van der Waals surface area contributed by atoms with Crippen molar-refractivity contribution in [2.45, 2.75) is 6.18 Å². The summed E-state index contributed by atoms with van der Waals surface area (Å²) in [5.74, 6) is -2.33. The van der Waals surface area contributed by atoms with E-state index in [9.17, 15) is 22.8 Å². The number of rotatable bonds is 1. The van der Waals surface area contributed by atoms with Crippen molar-refractivity contribution in [1.82, 2.24) is 0 Å². The van der Waals surface area contributed by atoms with Gasteiger partial charge in [0.25, 0.3) is 0 Å². The standard InChI is InChI=1S/C9H6BrF3N2O2/c10-5-1-3-6(4-2-5)15(8(14)17)7(16)9(11,12)13/h1-4H,(H2,14,17). The molecule has 3 amide bonds. The SMILES string of the molecule is NC(=O)N(C(=O)C(F)(F)F)c1ccc(Br)cc1. The van der Waals surface area contributed by atoms with Crippen molar-refractivity contribution in [1.29, 1.82) is 0 Å². The molecule has 8 heteroatoms. The van der Waals surface area contributed by atoms with Gasteiger partial charge in [-0.2, -0.15) is 13.2 Å². The Morgan fingerprint density at radius 2 is 1.65 bits per heavy atom. The zero-order chi connectivity index (χ0) is 13.2. The summed E-state index contributed by atoms with van der Waals surface area (Å²) < 4.78 is 37.2. The number of alkyl halides is 3. The van der Waals surface area contributed by atoms with Crippen LogP contribution in [0.1, 0.15) is 0 Å². The number of anilines is 1. The highest BCUT2D eigenvalue weighted by molar-refractivity contribution is 9.10. The van der Waals surface area contributed by atoms with Crippen LogP contribution in [-0.2, 0) is 4.79 Å². The van der Waals surface area contributed by atoms with Crippen LogP contribution in [0.25, 0.3) is 0 Å². The number of nitrogens with zero attached hydrogens (tertiary/aromatic N) is 1. The van der Waals surface area contributed by atoms with E-state index in [1.165, 1.54) is 24.3 Å². The largest absolute Gasteiger partial charge is 0.472 e. The summed E-state index contributed by atoms with van der Waals surface area (Å²) in [5, 5.41) is 0. The second kappa shape index (κ2) is 4.74. The van der Waals surface area contributed by atoms with E-state index < -0.39 is 18.1 Å². The fraction of sp³-hybridized carbons (Fsp3) is 0.111. The van der Waals surface area contributed by atoms with Crippen molar-refractivity contribution in [3.8, 4) is 0 Å². The lowest BCUT2D eigenvalue weighted by Crippen LogP contribution is -2.47. The van der Waals surface area contributed by atoms with E-state index >= 15 is 0 Å². The maximum atomic E-state index is 12.2. The molecule has 0 aromatic heterocycles. The molecule has 92 valence electrons. The normalized spacial score (nSPS) is 11.1. The molecule has 1 aromatic rings. The van der Waals surface area contributed by atoms with Gasteiger partial charge in [-0.25, -0.2) is 9.69 Å². The van der Waals surface area contributed by atoms with E-state index in [1.807, 2.05) is 0 Å². The van der Waals surface area contributed by atoms with Crippen molar-refractivity contribution in [3.63, 3.8) is 0 Å². The van der Waals surface area contributed by atoms with E-state index in [0.29, 0.717) is 4.47 Å². The van der Waals surface area contributed by atoms with Crippen LogP contribution in [0.3, 0.4) is 0 Å². The van der Waals surface area contributed by atoms with Crippen molar-refractivity contribution < 1.29 is 22.8 Å². The first-order chi connectivity index (χ1) is 7.73. The van der Waals surface area contributed by atoms with Gasteiger partial charge in [-0.05, 0) is 24.3 Å². The minimum absolute atomic E-state index is 0.133. The highest BCUT2D eigenvalue weighted by Gasteiger charge is 2.45. The fourth-order valence-electron chi connectivity index (χ4n) is 1.06. The summed E-state index contributed by atoms with van der Waals surface area (Å²) in [4.78, 5) is 21.7. The van der Waals surface area contributed by atoms with Crippen molar-refractivity contribution >= 4 is 33.6 Å². The second-order valence-corrected chi connectivity index (χ2v) is 3.87. The Hall–Kier alpha value is -1.57. The third-order valence-corrected chi connectivity index (χ3v) is 2.28. The van der Waals surface area contributed by atoms with Gasteiger partial charge < -0.3 is 5.73 Å². The molecule has 0 saturated carbocycles. The Kier molecular flexibility index (Phi) is 3.76. The first-order valence-corrected chi connectivity index (χ1v) is 4.99. The minimum Gasteiger partial charge on any atom is -0.351 e. The molecule has 0 atom stereocenters. The van der Waals surface area contributed by atoms with E-state index in [4.69, 9.17) is 5.73 Å². The predicted molar refractivity (Wildman–Crippen MR) is 57.3 cm³/mol. The number of amides is 3. The summed E-state index contributed by atoms with van der Waals surface area (Å²) in [7, 11) is 0. The van der Waals surface area contributed by atoms with E-state index in [-0.39, 0.29) is 10.6 Å². The average molecular weight is 311 g/mol. The lowest BCUT2D eigenvalue weighted by atomic mass is 10.3. The number of hydrogen-bond donors (Lipinski definition) is 1. The molecule has 0 aliphatic carbocycles. The lowest BCUT2D eigenvalue weighted by Gasteiger charge is -2.19. The molecule has 2 N–H and O–H groups in total. The summed E-state index contributed by atoms with van der Waals surface area (Å²) in [6, 6.07) is 3.61. The third kappa shape index (κ3) is 3.19. The van der Waals surface area contributed by atoms with Gasteiger partial charge in [-0.3, -0.25) is 4.79 Å². The number of imide groups is 1. The molecular weight excluding hydrogens is 305 g/mol. The number of halogens is 4. The van der Waals surface area contributed by atoms with Crippen LogP contribution >= 0.6 is 15.9 Å². The van der Waals surface area contributed by atoms with Gasteiger partial charge >= 0.3 is 18.1 Å². The molecule has 4 nitrogen and oxygen atoms in total. The molecule has 0 spiro atoms. The summed E-state index contributed by atoms with van der Waals surface area (Å²) in [6.07, 6.45) is -5.16. The highest BCUT2D eigenvalue weighted by Crippen LogP contribution is 2.24. The van der Waals surface area contributed by atoms with Crippen LogP contribution in [-0.4, -0.2) is 18.1 Å². The van der Waals surface area contributed by atoms with Gasteiger partial charge in [0.05, 0.1) is 5.69 Å². The summed E-state index contributed by atoms with van der Waals surface area (Å²) >= 11 is 3.07. The van der Waals surface area contributed by atoms with Crippen LogP contribution in [0, 0.1) is 0 Å². The zero-order valence-corrected chi connectivity index (χ0v) is 9.75. The maximum absolute atomic E-state index is 12.2. The van der Waals surface area contributed by atoms with Gasteiger partial charge in [0.1, 0.15) is 0 Å². The molecule has 0 heterocycles. The number of carbonyl (C=O) groups excluding carboxylic acids is 2. The number of benzene rings is 1. The van der Waals surface area contributed by atoms with E-state index in [0.717, 1.165) is 0 Å². The number of urea groups is 1. The Bertz CT molecular complexity index is 445. The number of hydrogen-bond acceptors (Lipinski definition) is 2. The third-order valence-electron chi connectivity index (χ3n) is 1.75. The fourth-order valence-corrected chi connectivity index (χ4v) is 1.33. The van der Waals surface area contributed by atoms with Crippen LogP contribution in [0.15, 0.2) is 28.7 Å². The molecule has 0 bridgehead atoms. The van der Waals surface area contributed by atoms with Crippen LogP contribution in [0.4, 0.5) is 23.7 Å². The Labute approximate surface area is 102 Å². The molecule has 0 aliphatic rings. The van der Waals surface area contributed by atoms with Crippen molar-refractivity contribution in [2.75, 3.05) is 4.90 Å². The van der Waals surface area contributed by atoms with Crippen LogP contribution in [0.5, 0.6) is 0 Å².